The largest absolute Gasteiger partial charge is 0.449 e. The van der Waals surface area contributed by atoms with Crippen molar-refractivity contribution in [3.8, 4) is 6.07 Å². The minimum atomic E-state index is -1.07. The molecule has 0 aromatic heterocycles. The summed E-state index contributed by atoms with van der Waals surface area (Å²) in [5, 5.41) is 21.9. The van der Waals surface area contributed by atoms with Gasteiger partial charge in [-0.25, -0.2) is 4.79 Å². The number of carbonyl (C=O) groups excluding carboxylic acids is 2. The summed E-state index contributed by atoms with van der Waals surface area (Å²) in [6.07, 6.45) is -1.07. The van der Waals surface area contributed by atoms with Gasteiger partial charge in [0.1, 0.15) is 0 Å². The summed E-state index contributed by atoms with van der Waals surface area (Å²) in [4.78, 5) is 34.0. The Bertz CT molecular complexity index is 838. The molecule has 0 unspecified atom stereocenters. The summed E-state index contributed by atoms with van der Waals surface area (Å²) in [5.74, 6) is -1.31. The zero-order valence-corrected chi connectivity index (χ0v) is 13.1. The van der Waals surface area contributed by atoms with E-state index in [1.54, 1.807) is 24.3 Å². The fourth-order valence-corrected chi connectivity index (χ4v) is 1.87. The molecule has 1 amide bonds. The molecule has 0 radical (unpaired) electrons. The Labute approximate surface area is 142 Å². The van der Waals surface area contributed by atoms with Gasteiger partial charge < -0.3 is 10.1 Å². The first-order valence-corrected chi connectivity index (χ1v) is 7.17. The van der Waals surface area contributed by atoms with Crippen LogP contribution in [0.1, 0.15) is 22.8 Å². The van der Waals surface area contributed by atoms with Crippen LogP contribution in [0.2, 0.25) is 0 Å². The van der Waals surface area contributed by atoms with Crippen LogP contribution in [-0.2, 0) is 9.53 Å². The molecule has 1 N–H and O–H groups in total. The van der Waals surface area contributed by atoms with E-state index >= 15 is 0 Å². The lowest BCUT2D eigenvalue weighted by Gasteiger charge is -2.13. The highest BCUT2D eigenvalue weighted by atomic mass is 16.6. The number of anilines is 1. The number of nitriles is 1. The van der Waals surface area contributed by atoms with Crippen molar-refractivity contribution in [2.24, 2.45) is 0 Å². The van der Waals surface area contributed by atoms with Crippen LogP contribution >= 0.6 is 0 Å². The second-order valence-corrected chi connectivity index (χ2v) is 5.03. The molecule has 2 rings (SSSR count). The number of nitro benzene ring substituents is 1. The summed E-state index contributed by atoms with van der Waals surface area (Å²) in [5.41, 5.74) is 0.865. The highest BCUT2D eigenvalue weighted by molar-refractivity contribution is 5.97. The van der Waals surface area contributed by atoms with Gasteiger partial charge in [0.2, 0.25) is 0 Å². The fraction of sp³-hybridized carbons (Fsp3) is 0.118. The number of amides is 1. The summed E-state index contributed by atoms with van der Waals surface area (Å²) < 4.78 is 5.04. The van der Waals surface area contributed by atoms with E-state index in [9.17, 15) is 19.7 Å². The molecule has 2 aromatic carbocycles. The van der Waals surface area contributed by atoms with Gasteiger partial charge in [0.25, 0.3) is 11.6 Å². The van der Waals surface area contributed by atoms with Crippen LogP contribution in [0.15, 0.2) is 48.5 Å². The van der Waals surface area contributed by atoms with Gasteiger partial charge >= 0.3 is 5.97 Å². The van der Waals surface area contributed by atoms with E-state index < -0.39 is 22.9 Å². The third-order valence-electron chi connectivity index (χ3n) is 3.25. The van der Waals surface area contributed by atoms with Crippen molar-refractivity contribution in [1.29, 1.82) is 5.26 Å². The topological polar surface area (TPSA) is 122 Å². The van der Waals surface area contributed by atoms with Crippen molar-refractivity contribution in [3.63, 3.8) is 0 Å². The molecule has 0 aliphatic heterocycles. The summed E-state index contributed by atoms with van der Waals surface area (Å²) in [6.45, 7) is 1.41. The predicted molar refractivity (Wildman–Crippen MR) is 87.8 cm³/mol. The monoisotopic (exact) mass is 339 g/mol. The molecule has 0 aliphatic rings. The molecule has 0 aliphatic carbocycles. The molecule has 126 valence electrons. The number of hydrogen-bond donors (Lipinski definition) is 1. The van der Waals surface area contributed by atoms with Crippen LogP contribution in [0.5, 0.6) is 0 Å². The van der Waals surface area contributed by atoms with E-state index in [1.165, 1.54) is 31.2 Å². The molecule has 0 saturated heterocycles. The predicted octanol–water partition coefficient (Wildman–Crippen LogP) is 2.65. The third-order valence-corrected chi connectivity index (χ3v) is 3.25. The van der Waals surface area contributed by atoms with Gasteiger partial charge in [0.15, 0.2) is 6.10 Å². The van der Waals surface area contributed by atoms with E-state index in [1.807, 2.05) is 6.07 Å². The van der Waals surface area contributed by atoms with E-state index in [0.717, 1.165) is 0 Å². The highest BCUT2D eigenvalue weighted by Crippen LogP contribution is 2.14. The molecule has 0 spiro atoms. The SMILES string of the molecule is C[C@H](OC(=O)c1ccc([N+](=O)[O-])cc1)C(=O)Nc1ccc(C#N)cc1. The van der Waals surface area contributed by atoms with Crippen molar-refractivity contribution in [2.45, 2.75) is 13.0 Å². The van der Waals surface area contributed by atoms with Gasteiger partial charge in [0, 0.05) is 17.8 Å². The number of nitrogens with one attached hydrogen (secondary N) is 1. The van der Waals surface area contributed by atoms with Crippen LogP contribution < -0.4 is 5.32 Å². The standard InChI is InChI=1S/C17H13N3O5/c1-11(16(21)19-14-6-2-12(10-18)3-7-14)25-17(22)13-4-8-15(9-5-13)20(23)24/h2-9,11H,1H3,(H,19,21)/t11-/m0/s1. The summed E-state index contributed by atoms with van der Waals surface area (Å²) >= 11 is 0. The van der Waals surface area contributed by atoms with Crippen LogP contribution in [0.3, 0.4) is 0 Å². The number of non-ortho nitro benzene ring substituents is 1. The van der Waals surface area contributed by atoms with Crippen LogP contribution in [0.4, 0.5) is 11.4 Å². The molecule has 0 saturated carbocycles. The average molecular weight is 339 g/mol. The number of hydrogen-bond acceptors (Lipinski definition) is 6. The quantitative estimate of drug-likeness (QED) is 0.507. The lowest BCUT2D eigenvalue weighted by atomic mass is 10.2. The minimum absolute atomic E-state index is 0.101. The van der Waals surface area contributed by atoms with Crippen LogP contribution in [-0.4, -0.2) is 22.9 Å². The van der Waals surface area contributed by atoms with Crippen molar-refractivity contribution >= 4 is 23.3 Å². The van der Waals surface area contributed by atoms with E-state index in [2.05, 4.69) is 5.32 Å². The Morgan fingerprint density at radius 3 is 2.28 bits per heavy atom. The van der Waals surface area contributed by atoms with Gasteiger partial charge in [0.05, 0.1) is 22.1 Å². The molecule has 2 aromatic rings. The number of nitro groups is 1. The number of ether oxygens (including phenoxy) is 1. The molecular weight excluding hydrogens is 326 g/mol. The molecule has 1 atom stereocenters. The fourth-order valence-electron chi connectivity index (χ4n) is 1.87. The highest BCUT2D eigenvalue weighted by Gasteiger charge is 2.19. The number of benzene rings is 2. The summed E-state index contributed by atoms with van der Waals surface area (Å²) in [6, 6.07) is 13.0. The second kappa shape index (κ2) is 7.70. The maximum Gasteiger partial charge on any atom is 0.338 e. The Kier molecular flexibility index (Phi) is 5.43. The Morgan fingerprint density at radius 1 is 1.16 bits per heavy atom. The Balaban J connectivity index is 1.96. The van der Waals surface area contributed by atoms with Crippen LogP contribution in [0, 0.1) is 21.4 Å². The molecule has 25 heavy (non-hydrogen) atoms. The number of rotatable bonds is 5. The molecule has 8 nitrogen and oxygen atoms in total. The average Bonchev–Trinajstić information content (AvgIpc) is 2.62. The first-order valence-electron chi connectivity index (χ1n) is 7.17. The van der Waals surface area contributed by atoms with Gasteiger partial charge in [-0.15, -0.1) is 0 Å². The maximum atomic E-state index is 12.0. The van der Waals surface area contributed by atoms with E-state index in [4.69, 9.17) is 10.00 Å². The van der Waals surface area contributed by atoms with Crippen molar-refractivity contribution in [3.05, 3.63) is 69.8 Å². The second-order valence-electron chi connectivity index (χ2n) is 5.03. The Morgan fingerprint density at radius 2 is 1.76 bits per heavy atom. The molecular formula is C17H13N3O5. The normalized spacial score (nSPS) is 11.0. The first kappa shape index (κ1) is 17.6. The van der Waals surface area contributed by atoms with E-state index in [0.29, 0.717) is 11.3 Å². The Hall–Kier alpha value is -3.73. The van der Waals surface area contributed by atoms with Crippen molar-refractivity contribution in [2.75, 3.05) is 5.32 Å². The number of nitrogens with zero attached hydrogens (tertiary/aromatic N) is 2. The molecule has 8 heteroatoms. The number of esters is 1. The first-order chi connectivity index (χ1) is 11.9. The zero-order valence-electron chi connectivity index (χ0n) is 13.1. The van der Waals surface area contributed by atoms with Crippen LogP contribution in [0.25, 0.3) is 0 Å². The molecule has 0 heterocycles. The smallest absolute Gasteiger partial charge is 0.338 e. The van der Waals surface area contributed by atoms with Gasteiger partial charge in [-0.3, -0.25) is 14.9 Å². The molecule has 0 fully saturated rings. The van der Waals surface area contributed by atoms with Gasteiger partial charge in [-0.2, -0.15) is 5.26 Å². The molecule has 0 bridgehead atoms. The summed E-state index contributed by atoms with van der Waals surface area (Å²) in [7, 11) is 0. The maximum absolute atomic E-state index is 12.0. The van der Waals surface area contributed by atoms with E-state index in [-0.39, 0.29) is 11.3 Å². The lowest BCUT2D eigenvalue weighted by molar-refractivity contribution is -0.384. The van der Waals surface area contributed by atoms with Crippen molar-refractivity contribution < 1.29 is 19.2 Å². The number of carbonyl (C=O) groups is 2. The van der Waals surface area contributed by atoms with Crippen molar-refractivity contribution in [1.82, 2.24) is 0 Å². The van der Waals surface area contributed by atoms with Gasteiger partial charge in [-0.1, -0.05) is 0 Å². The zero-order chi connectivity index (χ0) is 18.4. The minimum Gasteiger partial charge on any atom is -0.449 e. The third kappa shape index (κ3) is 4.62. The van der Waals surface area contributed by atoms with Gasteiger partial charge in [-0.05, 0) is 43.3 Å². The lowest BCUT2D eigenvalue weighted by Crippen LogP contribution is -2.30.